The number of halogens is 1. The van der Waals surface area contributed by atoms with Gasteiger partial charge in [0.2, 0.25) is 0 Å². The fourth-order valence-corrected chi connectivity index (χ4v) is 8.52. The second-order valence-electron chi connectivity index (χ2n) is 8.88. The molecule has 2 nitrogen and oxygen atoms in total. The van der Waals surface area contributed by atoms with Gasteiger partial charge < -0.3 is 9.53 Å². The smallest absolute Gasteiger partial charge is 0.261 e. The molecule has 3 aromatic rings. The van der Waals surface area contributed by atoms with Gasteiger partial charge in [0, 0.05) is 0 Å². The molecule has 0 aromatic heterocycles. The van der Waals surface area contributed by atoms with Crippen LogP contribution in [0.3, 0.4) is 0 Å². The summed E-state index contributed by atoms with van der Waals surface area (Å²) in [6.45, 7) is 8.59. The summed E-state index contributed by atoms with van der Waals surface area (Å²) < 4.78 is 21.5. The Morgan fingerprint density at radius 2 is 1.39 bits per heavy atom. The molecule has 0 aliphatic heterocycles. The van der Waals surface area contributed by atoms with Crippen molar-refractivity contribution in [1.82, 2.24) is 0 Å². The van der Waals surface area contributed by atoms with Crippen molar-refractivity contribution >= 4 is 18.7 Å². The van der Waals surface area contributed by atoms with Gasteiger partial charge in [-0.05, 0) is 34.0 Å². The molecule has 0 aliphatic rings. The molecule has 0 amide bonds. The first-order valence-electron chi connectivity index (χ1n) is 10.6. The van der Waals surface area contributed by atoms with Crippen LogP contribution in [-0.4, -0.2) is 20.0 Å². The van der Waals surface area contributed by atoms with Crippen LogP contribution >= 0.6 is 0 Å². The minimum Gasteiger partial charge on any atom is -0.404 e. The minimum atomic E-state index is -2.73. The third kappa shape index (κ3) is 5.04. The highest BCUT2D eigenvalue weighted by molar-refractivity contribution is 6.99. The van der Waals surface area contributed by atoms with E-state index in [4.69, 9.17) is 4.43 Å². The number of benzene rings is 3. The van der Waals surface area contributed by atoms with Crippen LogP contribution in [0.15, 0.2) is 96.8 Å². The molecule has 0 bridgehead atoms. The maximum atomic E-state index is 14.8. The van der Waals surface area contributed by atoms with Crippen molar-refractivity contribution in [2.75, 3.05) is 6.61 Å². The molecular weight excluding hydrogens is 403 g/mol. The van der Waals surface area contributed by atoms with Gasteiger partial charge in [-0.1, -0.05) is 111 Å². The van der Waals surface area contributed by atoms with E-state index in [1.165, 1.54) is 6.08 Å². The van der Waals surface area contributed by atoms with Crippen molar-refractivity contribution in [3.63, 3.8) is 0 Å². The van der Waals surface area contributed by atoms with Crippen LogP contribution in [0.4, 0.5) is 4.39 Å². The second kappa shape index (κ2) is 9.73. The summed E-state index contributed by atoms with van der Waals surface area (Å²) in [5.74, 6) is -0.596. The van der Waals surface area contributed by atoms with Gasteiger partial charge >= 0.3 is 0 Å². The van der Waals surface area contributed by atoms with Crippen LogP contribution in [0.5, 0.6) is 0 Å². The van der Waals surface area contributed by atoms with Gasteiger partial charge in [-0.15, -0.1) is 0 Å². The lowest BCUT2D eigenvalue weighted by Gasteiger charge is -2.42. The molecule has 31 heavy (non-hydrogen) atoms. The zero-order valence-electron chi connectivity index (χ0n) is 18.7. The molecule has 0 fully saturated rings. The molecule has 0 saturated heterocycles. The Kier molecular flexibility index (Phi) is 7.26. The van der Waals surface area contributed by atoms with E-state index in [0.717, 1.165) is 15.9 Å². The maximum absolute atomic E-state index is 14.8. The Morgan fingerprint density at radius 3 is 1.84 bits per heavy atom. The molecule has 0 heterocycles. The van der Waals surface area contributed by atoms with Crippen molar-refractivity contribution in [3.8, 4) is 0 Å². The zero-order valence-corrected chi connectivity index (χ0v) is 19.7. The number of aliphatic hydroxyl groups is 1. The number of aryl methyl sites for hydroxylation is 1. The van der Waals surface area contributed by atoms with E-state index >= 15 is 0 Å². The molecule has 1 N–H and O–H groups in total. The van der Waals surface area contributed by atoms with E-state index < -0.39 is 20.2 Å². The Bertz CT molecular complexity index is 953. The van der Waals surface area contributed by atoms with E-state index in [0.29, 0.717) is 5.56 Å². The second-order valence-corrected chi connectivity index (χ2v) is 13.2. The van der Waals surface area contributed by atoms with Crippen molar-refractivity contribution in [2.45, 2.75) is 38.8 Å². The summed E-state index contributed by atoms with van der Waals surface area (Å²) >= 11 is 0. The number of hydrogen-bond acceptors (Lipinski definition) is 2. The summed E-state index contributed by atoms with van der Waals surface area (Å²) in [5.41, 5.74) is 1.60. The molecule has 4 heteroatoms. The summed E-state index contributed by atoms with van der Waals surface area (Å²) in [6.07, 6.45) is 0.0764. The van der Waals surface area contributed by atoms with E-state index in [1.54, 1.807) is 12.1 Å². The third-order valence-electron chi connectivity index (χ3n) is 5.65. The predicted molar refractivity (Wildman–Crippen MR) is 129 cm³/mol. The van der Waals surface area contributed by atoms with Gasteiger partial charge in [0.05, 0.1) is 6.61 Å². The SMILES string of the molecule is Cc1ccc(C(O)/C(F)=C/CO[Si](c2ccccc2)(c2ccccc2)C(C)(C)C)cc1. The summed E-state index contributed by atoms with van der Waals surface area (Å²) in [7, 11) is -2.73. The highest BCUT2D eigenvalue weighted by atomic mass is 28.4. The molecule has 0 saturated carbocycles. The van der Waals surface area contributed by atoms with Gasteiger partial charge in [0.25, 0.3) is 8.32 Å². The molecule has 3 rings (SSSR count). The van der Waals surface area contributed by atoms with Gasteiger partial charge in [-0.3, -0.25) is 0 Å². The first-order valence-corrected chi connectivity index (χ1v) is 12.5. The standard InChI is InChI=1S/C27H31FO2Si/c1-21-15-17-22(18-16-21)26(29)25(28)19-20-30-31(27(2,3)4,23-11-7-5-8-12-23)24-13-9-6-10-14-24/h5-19,26,29H,20H2,1-4H3/b25-19-. The minimum absolute atomic E-state index is 0.0854. The number of aliphatic hydroxyl groups excluding tert-OH is 1. The average Bonchev–Trinajstić information content (AvgIpc) is 2.77. The molecule has 1 unspecified atom stereocenters. The molecule has 3 aromatic carbocycles. The van der Waals surface area contributed by atoms with Crippen molar-refractivity contribution in [3.05, 3.63) is 108 Å². The normalized spacial score (nSPS) is 13.8. The average molecular weight is 435 g/mol. The van der Waals surface area contributed by atoms with Crippen LogP contribution in [0, 0.1) is 6.92 Å². The van der Waals surface area contributed by atoms with Gasteiger partial charge in [-0.25, -0.2) is 4.39 Å². The Labute approximate surface area is 186 Å². The molecule has 0 radical (unpaired) electrons. The first kappa shape index (κ1) is 23.1. The molecule has 162 valence electrons. The zero-order chi connectivity index (χ0) is 22.5. The summed E-state index contributed by atoms with van der Waals surface area (Å²) in [5, 5.41) is 12.5. The largest absolute Gasteiger partial charge is 0.404 e. The van der Waals surface area contributed by atoms with Gasteiger partial charge in [0.15, 0.2) is 0 Å². The van der Waals surface area contributed by atoms with Crippen LogP contribution in [0.1, 0.15) is 38.0 Å². The molecule has 0 aliphatic carbocycles. The highest BCUT2D eigenvalue weighted by Crippen LogP contribution is 2.37. The lowest BCUT2D eigenvalue weighted by atomic mass is 10.1. The Balaban J connectivity index is 1.94. The number of hydrogen-bond donors (Lipinski definition) is 1. The molecule has 1 atom stereocenters. The molecular formula is C27H31FO2Si. The fraction of sp³-hybridized carbons (Fsp3) is 0.259. The highest BCUT2D eigenvalue weighted by Gasteiger charge is 2.49. The Hall–Kier alpha value is -2.53. The predicted octanol–water partition coefficient (Wildman–Crippen LogP) is 5.46. The van der Waals surface area contributed by atoms with E-state index in [1.807, 2.05) is 55.5 Å². The summed E-state index contributed by atoms with van der Waals surface area (Å²) in [6, 6.07) is 27.7. The third-order valence-corrected chi connectivity index (χ3v) is 10.7. The quantitative estimate of drug-likeness (QED) is 0.501. The topological polar surface area (TPSA) is 29.5 Å². The van der Waals surface area contributed by atoms with Crippen molar-refractivity contribution in [2.24, 2.45) is 0 Å². The fourth-order valence-electron chi connectivity index (χ4n) is 4.03. The van der Waals surface area contributed by atoms with Crippen LogP contribution in [0.25, 0.3) is 0 Å². The van der Waals surface area contributed by atoms with Crippen LogP contribution in [0.2, 0.25) is 5.04 Å². The van der Waals surface area contributed by atoms with Crippen LogP contribution in [-0.2, 0) is 4.43 Å². The van der Waals surface area contributed by atoms with Crippen molar-refractivity contribution < 1.29 is 13.9 Å². The van der Waals surface area contributed by atoms with E-state index in [2.05, 4.69) is 45.0 Å². The van der Waals surface area contributed by atoms with E-state index in [9.17, 15) is 9.50 Å². The first-order chi connectivity index (χ1) is 14.8. The van der Waals surface area contributed by atoms with Crippen molar-refractivity contribution in [1.29, 1.82) is 0 Å². The Morgan fingerprint density at radius 1 is 0.903 bits per heavy atom. The van der Waals surface area contributed by atoms with E-state index in [-0.39, 0.29) is 11.6 Å². The summed E-state index contributed by atoms with van der Waals surface area (Å²) in [4.78, 5) is 0. The molecule has 0 spiro atoms. The van der Waals surface area contributed by atoms with Gasteiger partial charge in [-0.2, -0.15) is 0 Å². The van der Waals surface area contributed by atoms with Crippen LogP contribution < -0.4 is 10.4 Å². The van der Waals surface area contributed by atoms with Gasteiger partial charge in [0.1, 0.15) is 11.9 Å². The monoisotopic (exact) mass is 434 g/mol. The maximum Gasteiger partial charge on any atom is 0.261 e. The lowest BCUT2D eigenvalue weighted by molar-refractivity contribution is 0.183. The number of rotatable bonds is 7. The lowest BCUT2D eigenvalue weighted by Crippen LogP contribution is -2.66.